The maximum absolute atomic E-state index is 6.15. The summed E-state index contributed by atoms with van der Waals surface area (Å²) in [7, 11) is 1.64. The van der Waals surface area contributed by atoms with Crippen LogP contribution in [0, 0.1) is 0 Å². The highest BCUT2D eigenvalue weighted by atomic mass is 35.5. The van der Waals surface area contributed by atoms with Crippen molar-refractivity contribution in [1.29, 1.82) is 0 Å². The summed E-state index contributed by atoms with van der Waals surface area (Å²) < 4.78 is 5.12. The van der Waals surface area contributed by atoms with Gasteiger partial charge in [0.2, 0.25) is 0 Å². The minimum atomic E-state index is 0.602. The number of ether oxygens (including phenoxy) is 1. The largest absolute Gasteiger partial charge is 0.497 e. The van der Waals surface area contributed by atoms with Crippen LogP contribution in [0.25, 0.3) is 0 Å². The van der Waals surface area contributed by atoms with Gasteiger partial charge in [0.1, 0.15) is 5.75 Å². The molecule has 0 aliphatic rings. The van der Waals surface area contributed by atoms with Crippen LogP contribution >= 0.6 is 47.2 Å². The molecule has 3 nitrogen and oxygen atoms in total. The lowest BCUT2D eigenvalue weighted by molar-refractivity contribution is 0.415. The summed E-state index contributed by atoms with van der Waals surface area (Å²) in [5.74, 6) is 2.58. The van der Waals surface area contributed by atoms with Crippen LogP contribution in [0.4, 0.5) is 5.69 Å². The second-order valence-electron chi connectivity index (χ2n) is 4.90. The van der Waals surface area contributed by atoms with Gasteiger partial charge >= 0.3 is 0 Å². The third kappa shape index (κ3) is 6.40. The highest BCUT2D eigenvalue weighted by Gasteiger charge is 2.02. The molecule has 0 heterocycles. The van der Waals surface area contributed by atoms with Crippen molar-refractivity contribution in [3.63, 3.8) is 0 Å². The Labute approximate surface area is 162 Å². The minimum absolute atomic E-state index is 0.602. The first kappa shape index (κ1) is 19.2. The van der Waals surface area contributed by atoms with E-state index >= 15 is 0 Å². The van der Waals surface area contributed by atoms with Gasteiger partial charge < -0.3 is 15.4 Å². The monoisotopic (exact) mass is 400 g/mol. The molecule has 2 aromatic carbocycles. The van der Waals surface area contributed by atoms with Crippen LogP contribution in [0.1, 0.15) is 5.56 Å². The first-order chi connectivity index (χ1) is 11.6. The molecule has 0 aromatic heterocycles. The van der Waals surface area contributed by atoms with Gasteiger partial charge in [0, 0.05) is 33.8 Å². The molecule has 2 rings (SSSR count). The number of nitrogens with one attached hydrogen (secondary N) is 2. The van der Waals surface area contributed by atoms with E-state index in [0.29, 0.717) is 15.2 Å². The lowest BCUT2D eigenvalue weighted by atomic mass is 10.2. The molecule has 0 aliphatic heterocycles. The molecule has 0 bridgehead atoms. The second kappa shape index (κ2) is 9.99. The smallest absolute Gasteiger partial charge is 0.170 e. The Balaban J connectivity index is 1.65. The Kier molecular flexibility index (Phi) is 7.99. The predicted molar refractivity (Wildman–Crippen MR) is 110 cm³/mol. The topological polar surface area (TPSA) is 33.3 Å². The predicted octanol–water partition coefficient (Wildman–Crippen LogP) is 5.22. The van der Waals surface area contributed by atoms with Crippen molar-refractivity contribution in [1.82, 2.24) is 5.32 Å². The SMILES string of the molecule is COc1ccc(NC(=S)NCCSCc2ccc(Cl)cc2Cl)cc1. The molecule has 2 N–H and O–H groups in total. The number of rotatable bonds is 7. The fourth-order valence-corrected chi connectivity index (χ4v) is 3.54. The van der Waals surface area contributed by atoms with Crippen molar-refractivity contribution < 1.29 is 4.74 Å². The van der Waals surface area contributed by atoms with E-state index < -0.39 is 0 Å². The van der Waals surface area contributed by atoms with Crippen molar-refractivity contribution in [2.24, 2.45) is 0 Å². The maximum atomic E-state index is 6.15. The molecule has 0 atom stereocenters. The van der Waals surface area contributed by atoms with E-state index in [1.807, 2.05) is 36.4 Å². The first-order valence-electron chi connectivity index (χ1n) is 7.29. The molecule has 0 radical (unpaired) electrons. The van der Waals surface area contributed by atoms with Crippen LogP contribution in [-0.4, -0.2) is 24.5 Å². The van der Waals surface area contributed by atoms with Gasteiger partial charge in [-0.15, -0.1) is 0 Å². The molecular formula is C17H18Cl2N2OS2. The maximum Gasteiger partial charge on any atom is 0.170 e. The zero-order valence-electron chi connectivity index (χ0n) is 13.1. The molecule has 0 saturated carbocycles. The second-order valence-corrected chi connectivity index (χ2v) is 7.25. The normalized spacial score (nSPS) is 10.3. The summed E-state index contributed by atoms with van der Waals surface area (Å²) in [4.78, 5) is 0. The van der Waals surface area contributed by atoms with Crippen molar-refractivity contribution in [2.75, 3.05) is 24.7 Å². The number of thiocarbonyl (C=S) groups is 1. The van der Waals surface area contributed by atoms with Gasteiger partial charge in [-0.3, -0.25) is 0 Å². The zero-order chi connectivity index (χ0) is 17.4. The lowest BCUT2D eigenvalue weighted by Gasteiger charge is -2.11. The number of anilines is 1. The van der Waals surface area contributed by atoms with Gasteiger partial charge in [-0.2, -0.15) is 11.8 Å². The van der Waals surface area contributed by atoms with Gasteiger partial charge in [0.05, 0.1) is 7.11 Å². The van der Waals surface area contributed by atoms with Crippen LogP contribution in [0.3, 0.4) is 0 Å². The van der Waals surface area contributed by atoms with Crippen LogP contribution in [-0.2, 0) is 5.75 Å². The average molecular weight is 401 g/mol. The van der Waals surface area contributed by atoms with Gasteiger partial charge in [0.15, 0.2) is 5.11 Å². The highest BCUT2D eigenvalue weighted by molar-refractivity contribution is 7.98. The van der Waals surface area contributed by atoms with Crippen molar-refractivity contribution in [2.45, 2.75) is 5.75 Å². The Morgan fingerprint density at radius 3 is 2.58 bits per heavy atom. The summed E-state index contributed by atoms with van der Waals surface area (Å²) in [6.07, 6.45) is 0. The summed E-state index contributed by atoms with van der Waals surface area (Å²) >= 11 is 19.1. The molecule has 0 amide bonds. The van der Waals surface area contributed by atoms with E-state index in [1.54, 1.807) is 24.9 Å². The van der Waals surface area contributed by atoms with E-state index in [1.165, 1.54) is 0 Å². The number of benzene rings is 2. The number of hydrogen-bond acceptors (Lipinski definition) is 3. The van der Waals surface area contributed by atoms with E-state index in [-0.39, 0.29) is 0 Å². The number of methoxy groups -OCH3 is 1. The number of thioether (sulfide) groups is 1. The Hall–Kier alpha value is -1.14. The first-order valence-corrected chi connectivity index (χ1v) is 9.61. The van der Waals surface area contributed by atoms with Gasteiger partial charge in [-0.1, -0.05) is 29.3 Å². The Bertz CT molecular complexity index is 681. The summed E-state index contributed by atoms with van der Waals surface area (Å²) in [6, 6.07) is 13.2. The summed E-state index contributed by atoms with van der Waals surface area (Å²) in [6.45, 7) is 0.776. The standard InChI is InChI=1S/C17H18Cl2N2OS2/c1-22-15-6-4-14(5-7-15)21-17(23)20-8-9-24-11-12-2-3-13(18)10-16(12)19/h2-7,10H,8-9,11H2,1H3,(H2,20,21,23). The molecular weight excluding hydrogens is 383 g/mol. The van der Waals surface area contributed by atoms with Crippen molar-refractivity contribution >= 4 is 58.0 Å². The molecule has 0 saturated heterocycles. The molecule has 0 unspecified atom stereocenters. The number of hydrogen-bond donors (Lipinski definition) is 2. The van der Waals surface area contributed by atoms with Gasteiger partial charge in [0.25, 0.3) is 0 Å². The van der Waals surface area contributed by atoms with Crippen LogP contribution in [0.5, 0.6) is 5.75 Å². The highest BCUT2D eigenvalue weighted by Crippen LogP contribution is 2.24. The zero-order valence-corrected chi connectivity index (χ0v) is 16.3. The van der Waals surface area contributed by atoms with Crippen molar-refractivity contribution in [3.05, 3.63) is 58.1 Å². The fourth-order valence-electron chi connectivity index (χ4n) is 1.91. The quantitative estimate of drug-likeness (QED) is 0.491. The summed E-state index contributed by atoms with van der Waals surface area (Å²) in [5.41, 5.74) is 2.01. The van der Waals surface area contributed by atoms with E-state index in [0.717, 1.165) is 35.1 Å². The third-order valence-electron chi connectivity index (χ3n) is 3.15. The molecule has 128 valence electrons. The molecule has 0 aliphatic carbocycles. The van der Waals surface area contributed by atoms with E-state index in [4.69, 9.17) is 40.2 Å². The van der Waals surface area contributed by atoms with Gasteiger partial charge in [-0.05, 0) is 54.2 Å². The number of halogens is 2. The third-order valence-corrected chi connectivity index (χ3v) is 4.99. The van der Waals surface area contributed by atoms with E-state index in [9.17, 15) is 0 Å². The molecule has 0 spiro atoms. The Morgan fingerprint density at radius 1 is 1.17 bits per heavy atom. The van der Waals surface area contributed by atoms with Crippen LogP contribution in [0.2, 0.25) is 10.0 Å². The molecule has 0 fully saturated rings. The van der Waals surface area contributed by atoms with Crippen LogP contribution < -0.4 is 15.4 Å². The minimum Gasteiger partial charge on any atom is -0.497 e. The van der Waals surface area contributed by atoms with Gasteiger partial charge in [-0.25, -0.2) is 0 Å². The molecule has 24 heavy (non-hydrogen) atoms. The van der Waals surface area contributed by atoms with Crippen molar-refractivity contribution in [3.8, 4) is 5.75 Å². The Morgan fingerprint density at radius 2 is 1.92 bits per heavy atom. The molecule has 7 heteroatoms. The van der Waals surface area contributed by atoms with E-state index in [2.05, 4.69) is 10.6 Å². The molecule has 2 aromatic rings. The van der Waals surface area contributed by atoms with Crippen LogP contribution in [0.15, 0.2) is 42.5 Å². The summed E-state index contributed by atoms with van der Waals surface area (Å²) in [5, 5.41) is 8.29. The lowest BCUT2D eigenvalue weighted by Crippen LogP contribution is -2.30. The average Bonchev–Trinajstić information content (AvgIpc) is 2.57. The fraction of sp³-hybridized carbons (Fsp3) is 0.235.